The van der Waals surface area contributed by atoms with Gasteiger partial charge in [-0.2, -0.15) is 0 Å². The molecule has 0 bridgehead atoms. The number of nitrogens with one attached hydrogen (secondary N) is 1. The van der Waals surface area contributed by atoms with Gasteiger partial charge in [-0.05, 0) is 28.7 Å². The van der Waals surface area contributed by atoms with E-state index in [4.69, 9.17) is 4.74 Å². The second-order valence-electron chi connectivity index (χ2n) is 7.91. The number of thioether (sulfide) groups is 1. The number of nitrogens with zero attached hydrogens (tertiary/aromatic N) is 1. The van der Waals surface area contributed by atoms with E-state index in [1.54, 1.807) is 6.92 Å². The number of ether oxygens (including phenoxy) is 1. The Morgan fingerprint density at radius 2 is 1.75 bits per heavy atom. The van der Waals surface area contributed by atoms with Crippen molar-refractivity contribution in [3.05, 3.63) is 59.7 Å². The van der Waals surface area contributed by atoms with E-state index < -0.39 is 23.4 Å². The third kappa shape index (κ3) is 4.46. The quantitative estimate of drug-likeness (QED) is 0.695. The minimum Gasteiger partial charge on any atom is -0.480 e. The van der Waals surface area contributed by atoms with Gasteiger partial charge in [-0.25, -0.2) is 4.79 Å². The highest BCUT2D eigenvalue weighted by atomic mass is 32.2. The zero-order valence-electron chi connectivity index (χ0n) is 17.8. The maximum atomic E-state index is 12.9. The molecular weight excluding hydrogens is 428 g/mol. The van der Waals surface area contributed by atoms with Crippen molar-refractivity contribution < 1.29 is 24.2 Å². The fourth-order valence-corrected chi connectivity index (χ4v) is 5.38. The molecule has 4 rings (SSSR count). The van der Waals surface area contributed by atoms with Gasteiger partial charge in [0.05, 0.1) is 0 Å². The van der Waals surface area contributed by atoms with E-state index >= 15 is 0 Å². The molecule has 2 N–H and O–H groups in total. The Morgan fingerprint density at radius 3 is 2.34 bits per heavy atom. The molecule has 1 fully saturated rings. The lowest BCUT2D eigenvalue weighted by molar-refractivity contribution is -0.138. The van der Waals surface area contributed by atoms with Crippen molar-refractivity contribution in [2.75, 3.05) is 25.4 Å². The Balaban J connectivity index is 1.38. The van der Waals surface area contributed by atoms with Crippen LogP contribution in [0.2, 0.25) is 0 Å². The lowest BCUT2D eigenvalue weighted by Crippen LogP contribution is -2.53. The zero-order valence-corrected chi connectivity index (χ0v) is 18.6. The van der Waals surface area contributed by atoms with Crippen LogP contribution >= 0.6 is 11.8 Å². The van der Waals surface area contributed by atoms with Crippen molar-refractivity contribution in [1.82, 2.24) is 10.2 Å². The zero-order chi connectivity index (χ0) is 22.7. The van der Waals surface area contributed by atoms with Crippen LogP contribution in [0, 0.1) is 0 Å². The highest BCUT2D eigenvalue weighted by Crippen LogP contribution is 2.44. The highest BCUT2D eigenvalue weighted by Gasteiger charge is 2.33. The summed E-state index contributed by atoms with van der Waals surface area (Å²) in [4.78, 5) is 38.2. The summed E-state index contributed by atoms with van der Waals surface area (Å²) in [5.74, 6) is -0.693. The summed E-state index contributed by atoms with van der Waals surface area (Å²) in [7, 11) is 0. The van der Waals surface area contributed by atoms with Crippen LogP contribution < -0.4 is 5.32 Å². The molecule has 2 atom stereocenters. The standard InChI is InChI=1S/C24H26N2O5S/c1-2-20(22(27)26-11-12-32-21(13-26)23(28)29)25-24(30)31-14-19-17-9-5-3-7-15(17)16-8-4-6-10-18(16)19/h3-10,19-21H,2,11-14H2,1H3,(H,25,30)(H,28,29)/t20-,21?/m0/s1. The third-order valence-electron chi connectivity index (χ3n) is 6.00. The molecule has 1 heterocycles. The lowest BCUT2D eigenvalue weighted by Gasteiger charge is -2.33. The third-order valence-corrected chi connectivity index (χ3v) is 7.17. The molecule has 1 aliphatic carbocycles. The monoisotopic (exact) mass is 454 g/mol. The molecule has 1 unspecified atom stereocenters. The average molecular weight is 455 g/mol. The molecule has 2 aliphatic rings. The Kier molecular flexibility index (Phi) is 6.69. The van der Waals surface area contributed by atoms with E-state index in [9.17, 15) is 19.5 Å². The van der Waals surface area contributed by atoms with Crippen LogP contribution in [-0.2, 0) is 14.3 Å². The topological polar surface area (TPSA) is 95.9 Å². The molecular formula is C24H26N2O5S. The minimum absolute atomic E-state index is 0.0561. The molecule has 32 heavy (non-hydrogen) atoms. The van der Waals surface area contributed by atoms with Crippen molar-refractivity contribution in [3.8, 4) is 11.1 Å². The van der Waals surface area contributed by atoms with Crippen molar-refractivity contribution >= 4 is 29.7 Å². The molecule has 0 radical (unpaired) electrons. The number of hydrogen-bond acceptors (Lipinski definition) is 5. The molecule has 0 saturated carbocycles. The van der Waals surface area contributed by atoms with Gasteiger partial charge < -0.3 is 20.1 Å². The summed E-state index contributed by atoms with van der Waals surface area (Å²) in [6.45, 7) is 2.59. The fraction of sp³-hybridized carbons (Fsp3) is 0.375. The Hall–Kier alpha value is -3.00. The number of fused-ring (bicyclic) bond motifs is 3. The second kappa shape index (κ2) is 9.65. The lowest BCUT2D eigenvalue weighted by atomic mass is 9.98. The number of benzene rings is 2. The number of carboxylic acids is 1. The first-order valence-corrected chi connectivity index (χ1v) is 11.8. The Morgan fingerprint density at radius 1 is 1.12 bits per heavy atom. The first-order chi connectivity index (χ1) is 15.5. The van der Waals surface area contributed by atoms with Crippen LogP contribution in [0.15, 0.2) is 48.5 Å². The van der Waals surface area contributed by atoms with E-state index in [0.717, 1.165) is 22.3 Å². The molecule has 2 amide bonds. The average Bonchev–Trinajstić information content (AvgIpc) is 3.14. The van der Waals surface area contributed by atoms with Gasteiger partial charge in [-0.15, -0.1) is 11.8 Å². The second-order valence-corrected chi connectivity index (χ2v) is 9.22. The van der Waals surface area contributed by atoms with Gasteiger partial charge in [-0.1, -0.05) is 55.5 Å². The van der Waals surface area contributed by atoms with Gasteiger partial charge in [0.1, 0.15) is 17.9 Å². The number of aliphatic carboxylic acids is 1. The summed E-state index contributed by atoms with van der Waals surface area (Å²) < 4.78 is 5.55. The van der Waals surface area contributed by atoms with Crippen molar-refractivity contribution in [3.63, 3.8) is 0 Å². The van der Waals surface area contributed by atoms with Crippen LogP contribution in [0.4, 0.5) is 4.79 Å². The van der Waals surface area contributed by atoms with E-state index in [1.807, 2.05) is 36.4 Å². The first-order valence-electron chi connectivity index (χ1n) is 10.7. The van der Waals surface area contributed by atoms with Crippen LogP contribution in [0.5, 0.6) is 0 Å². The van der Waals surface area contributed by atoms with E-state index in [1.165, 1.54) is 16.7 Å². The molecule has 2 aromatic carbocycles. The molecule has 0 spiro atoms. The summed E-state index contributed by atoms with van der Waals surface area (Å²) in [6, 6.07) is 15.4. The summed E-state index contributed by atoms with van der Waals surface area (Å²) in [6.07, 6.45) is -0.252. The molecule has 1 aliphatic heterocycles. The van der Waals surface area contributed by atoms with Gasteiger partial charge in [-0.3, -0.25) is 9.59 Å². The van der Waals surface area contributed by atoms with Gasteiger partial charge in [0.2, 0.25) is 5.91 Å². The van der Waals surface area contributed by atoms with E-state index in [0.29, 0.717) is 18.7 Å². The smallest absolute Gasteiger partial charge is 0.407 e. The minimum atomic E-state index is -0.926. The number of carboxylic acid groups (broad SMARTS) is 1. The molecule has 8 heteroatoms. The number of carbonyl (C=O) groups is 3. The number of alkyl carbamates (subject to hydrolysis) is 1. The van der Waals surface area contributed by atoms with Gasteiger partial charge in [0.25, 0.3) is 0 Å². The van der Waals surface area contributed by atoms with Gasteiger partial charge in [0, 0.05) is 24.8 Å². The predicted molar refractivity (Wildman–Crippen MR) is 123 cm³/mol. The van der Waals surface area contributed by atoms with Crippen LogP contribution in [0.1, 0.15) is 30.4 Å². The van der Waals surface area contributed by atoms with Gasteiger partial charge >= 0.3 is 12.1 Å². The summed E-state index contributed by atoms with van der Waals surface area (Å²) in [5.41, 5.74) is 4.54. The summed E-state index contributed by atoms with van der Waals surface area (Å²) >= 11 is 1.33. The van der Waals surface area contributed by atoms with Crippen molar-refractivity contribution in [1.29, 1.82) is 0 Å². The molecule has 7 nitrogen and oxygen atoms in total. The molecule has 2 aromatic rings. The van der Waals surface area contributed by atoms with Crippen LogP contribution in [0.25, 0.3) is 11.1 Å². The van der Waals surface area contributed by atoms with E-state index in [-0.39, 0.29) is 25.0 Å². The molecule has 168 valence electrons. The van der Waals surface area contributed by atoms with Crippen molar-refractivity contribution in [2.24, 2.45) is 0 Å². The van der Waals surface area contributed by atoms with Crippen molar-refractivity contribution in [2.45, 2.75) is 30.6 Å². The summed E-state index contributed by atoms with van der Waals surface area (Å²) in [5, 5.41) is 11.3. The highest BCUT2D eigenvalue weighted by molar-refractivity contribution is 8.00. The predicted octanol–water partition coefficient (Wildman–Crippen LogP) is 3.33. The Bertz CT molecular complexity index is 981. The largest absolute Gasteiger partial charge is 0.480 e. The SMILES string of the molecule is CC[C@H](NC(=O)OCC1c2ccccc2-c2ccccc21)C(=O)N1CCSC(C(=O)O)C1. The number of rotatable bonds is 6. The first kappa shape index (κ1) is 22.2. The number of amides is 2. The van der Waals surface area contributed by atoms with E-state index in [2.05, 4.69) is 17.4 Å². The normalized spacial score (nSPS) is 18.4. The fourth-order valence-electron chi connectivity index (χ4n) is 4.34. The Labute approximate surface area is 191 Å². The maximum absolute atomic E-state index is 12.9. The van der Waals surface area contributed by atoms with Crippen LogP contribution in [0.3, 0.4) is 0 Å². The maximum Gasteiger partial charge on any atom is 0.407 e. The number of carbonyl (C=O) groups excluding carboxylic acids is 2. The van der Waals surface area contributed by atoms with Crippen LogP contribution in [-0.4, -0.2) is 64.7 Å². The molecule has 1 saturated heterocycles. The van der Waals surface area contributed by atoms with Gasteiger partial charge in [0.15, 0.2) is 0 Å². The number of hydrogen-bond donors (Lipinski definition) is 2. The molecule has 0 aromatic heterocycles.